The third-order valence-corrected chi connectivity index (χ3v) is 4.42. The second-order valence-electron chi connectivity index (χ2n) is 6.20. The van der Waals surface area contributed by atoms with Crippen LogP contribution in [0.25, 0.3) is 11.3 Å². The molecule has 0 unspecified atom stereocenters. The summed E-state index contributed by atoms with van der Waals surface area (Å²) in [5.41, 5.74) is 1.26. The Labute approximate surface area is 164 Å². The van der Waals surface area contributed by atoms with Gasteiger partial charge in [0, 0.05) is 17.0 Å². The molecule has 0 saturated carbocycles. The molecule has 0 bridgehead atoms. The predicted molar refractivity (Wildman–Crippen MR) is 95.5 cm³/mol. The van der Waals surface area contributed by atoms with E-state index in [0.29, 0.717) is 10.7 Å². The van der Waals surface area contributed by atoms with Crippen LogP contribution in [-0.2, 0) is 4.79 Å². The molecule has 1 atom stereocenters. The first-order valence-corrected chi connectivity index (χ1v) is 8.60. The molecule has 28 heavy (non-hydrogen) atoms. The zero-order chi connectivity index (χ0) is 20.3. The van der Waals surface area contributed by atoms with E-state index in [2.05, 4.69) is 15.3 Å². The van der Waals surface area contributed by atoms with Crippen molar-refractivity contribution in [3.63, 3.8) is 0 Å². The maximum atomic E-state index is 13.4. The minimum absolute atomic E-state index is 0.0332. The molecule has 1 N–H and O–H groups in total. The fourth-order valence-electron chi connectivity index (χ4n) is 2.76. The molecule has 1 aliphatic rings. The van der Waals surface area contributed by atoms with Crippen LogP contribution in [0.1, 0.15) is 16.9 Å². The maximum Gasteiger partial charge on any atom is 0.271 e. The number of nitrogens with one attached hydrogen (secondary N) is 1. The van der Waals surface area contributed by atoms with Crippen LogP contribution in [0.15, 0.2) is 36.7 Å². The topological polar surface area (TPSA) is 99.0 Å². The van der Waals surface area contributed by atoms with Crippen LogP contribution in [0.3, 0.4) is 0 Å². The van der Waals surface area contributed by atoms with Gasteiger partial charge in [0.1, 0.15) is 11.7 Å². The molecule has 1 aromatic heterocycles. The second-order valence-corrected chi connectivity index (χ2v) is 6.64. The first-order chi connectivity index (χ1) is 13.3. The zero-order valence-electron chi connectivity index (χ0n) is 14.4. The molecule has 2 heterocycles. The number of halogens is 3. The van der Waals surface area contributed by atoms with Crippen molar-refractivity contribution in [2.24, 2.45) is 0 Å². The summed E-state index contributed by atoms with van der Waals surface area (Å²) in [7, 11) is 0. The number of aromatic nitrogens is 2. The molecule has 2 amide bonds. The van der Waals surface area contributed by atoms with Crippen LogP contribution in [0.5, 0.6) is 0 Å². The maximum absolute atomic E-state index is 13.4. The van der Waals surface area contributed by atoms with Gasteiger partial charge in [-0.3, -0.25) is 14.6 Å². The molecule has 1 saturated heterocycles. The molecule has 1 fully saturated rings. The lowest BCUT2D eigenvalue weighted by atomic mass is 10.2. The molecule has 10 heteroatoms. The van der Waals surface area contributed by atoms with Gasteiger partial charge in [0.25, 0.3) is 11.8 Å². The first kappa shape index (κ1) is 19.6. The normalized spacial score (nSPS) is 17.8. The summed E-state index contributed by atoms with van der Waals surface area (Å²) < 4.78 is 26.8. The number of alkyl halides is 2. The van der Waals surface area contributed by atoms with Crippen molar-refractivity contribution >= 4 is 23.4 Å². The molecule has 3 rings (SSSR count). The molecule has 0 radical (unpaired) electrons. The Balaban J connectivity index is 1.60. The first-order valence-electron chi connectivity index (χ1n) is 8.22. The number of carbonyl (C=O) groups excluding carboxylic acids is 2. The molecule has 144 valence electrons. The molecule has 1 aromatic carbocycles. The SMILES string of the molecule is N#C[C@@H]1CC(F)(F)CN1C(=O)CNC(=O)c1cnc(-c2ccc(Cl)cc2)cn1. The molecule has 1 aliphatic heterocycles. The summed E-state index contributed by atoms with van der Waals surface area (Å²) >= 11 is 5.83. The van der Waals surface area contributed by atoms with Gasteiger partial charge in [0.05, 0.1) is 37.2 Å². The van der Waals surface area contributed by atoms with Gasteiger partial charge >= 0.3 is 0 Å². The summed E-state index contributed by atoms with van der Waals surface area (Å²) in [6, 6.07) is 7.36. The number of hydrogen-bond donors (Lipinski definition) is 1. The van der Waals surface area contributed by atoms with Crippen LogP contribution in [0.4, 0.5) is 8.78 Å². The minimum Gasteiger partial charge on any atom is -0.342 e. The molecule has 2 aromatic rings. The highest BCUT2D eigenvalue weighted by Gasteiger charge is 2.47. The zero-order valence-corrected chi connectivity index (χ0v) is 15.2. The fraction of sp³-hybridized carbons (Fsp3) is 0.278. The van der Waals surface area contributed by atoms with E-state index in [1.54, 1.807) is 30.3 Å². The van der Waals surface area contributed by atoms with Gasteiger partial charge in [-0.2, -0.15) is 5.26 Å². The second kappa shape index (κ2) is 7.86. The lowest BCUT2D eigenvalue weighted by molar-refractivity contribution is -0.131. The van der Waals surface area contributed by atoms with Crippen LogP contribution < -0.4 is 5.32 Å². The number of nitrogens with zero attached hydrogens (tertiary/aromatic N) is 4. The number of amides is 2. The van der Waals surface area contributed by atoms with Crippen molar-refractivity contribution in [2.75, 3.05) is 13.1 Å². The van der Waals surface area contributed by atoms with Gasteiger partial charge in [-0.15, -0.1) is 0 Å². The smallest absolute Gasteiger partial charge is 0.271 e. The van der Waals surface area contributed by atoms with E-state index in [1.807, 2.05) is 0 Å². The molecule has 7 nitrogen and oxygen atoms in total. The monoisotopic (exact) mass is 405 g/mol. The number of carbonyl (C=O) groups is 2. The predicted octanol–water partition coefficient (Wildman–Crippen LogP) is 2.29. The Kier molecular flexibility index (Phi) is 5.51. The van der Waals surface area contributed by atoms with Crippen molar-refractivity contribution in [3.8, 4) is 17.3 Å². The largest absolute Gasteiger partial charge is 0.342 e. The van der Waals surface area contributed by atoms with Crippen molar-refractivity contribution in [3.05, 3.63) is 47.4 Å². The average molecular weight is 406 g/mol. The Morgan fingerprint density at radius 1 is 1.29 bits per heavy atom. The summed E-state index contributed by atoms with van der Waals surface area (Å²) in [6.07, 6.45) is 1.93. The van der Waals surface area contributed by atoms with Crippen LogP contribution in [0.2, 0.25) is 5.02 Å². The van der Waals surface area contributed by atoms with Crippen LogP contribution >= 0.6 is 11.6 Å². The quantitative estimate of drug-likeness (QED) is 0.841. The molecular formula is C18H14ClF2N5O2. The summed E-state index contributed by atoms with van der Waals surface area (Å²) in [4.78, 5) is 33.1. The third kappa shape index (κ3) is 4.40. The van der Waals surface area contributed by atoms with Gasteiger partial charge in [-0.05, 0) is 12.1 Å². The van der Waals surface area contributed by atoms with Crippen LogP contribution in [0, 0.1) is 11.3 Å². The van der Waals surface area contributed by atoms with E-state index in [4.69, 9.17) is 16.9 Å². The van der Waals surface area contributed by atoms with E-state index in [-0.39, 0.29) is 5.69 Å². The van der Waals surface area contributed by atoms with Gasteiger partial charge in [0.2, 0.25) is 5.91 Å². The highest BCUT2D eigenvalue weighted by Crippen LogP contribution is 2.31. The number of nitriles is 1. The average Bonchev–Trinajstić information content (AvgIpc) is 3.01. The number of rotatable bonds is 4. The minimum atomic E-state index is -3.11. The highest BCUT2D eigenvalue weighted by molar-refractivity contribution is 6.30. The van der Waals surface area contributed by atoms with E-state index >= 15 is 0 Å². The molecular weight excluding hydrogens is 392 g/mol. The van der Waals surface area contributed by atoms with E-state index in [1.165, 1.54) is 12.4 Å². The van der Waals surface area contributed by atoms with Gasteiger partial charge in [-0.25, -0.2) is 13.8 Å². The van der Waals surface area contributed by atoms with Crippen molar-refractivity contribution in [1.82, 2.24) is 20.2 Å². The standard InChI is InChI=1S/C18H14ClF2N5O2/c19-12-3-1-11(2-4-12)14-7-24-15(8-23-14)17(28)25-9-16(27)26-10-18(20,21)5-13(26)6-22/h1-4,7-8,13H,5,9-10H2,(H,25,28)/t13-/m0/s1. The van der Waals surface area contributed by atoms with E-state index in [9.17, 15) is 18.4 Å². The van der Waals surface area contributed by atoms with E-state index < -0.39 is 43.3 Å². The summed E-state index contributed by atoms with van der Waals surface area (Å²) in [5, 5.41) is 11.8. The van der Waals surface area contributed by atoms with Crippen molar-refractivity contribution in [1.29, 1.82) is 5.26 Å². The molecule has 0 spiro atoms. The van der Waals surface area contributed by atoms with E-state index in [0.717, 1.165) is 10.5 Å². The lowest BCUT2D eigenvalue weighted by Gasteiger charge is -2.19. The lowest BCUT2D eigenvalue weighted by Crippen LogP contribution is -2.43. The summed E-state index contributed by atoms with van der Waals surface area (Å²) in [5.74, 6) is -4.55. The van der Waals surface area contributed by atoms with Gasteiger partial charge in [0.15, 0.2) is 0 Å². The number of hydrogen-bond acceptors (Lipinski definition) is 5. The van der Waals surface area contributed by atoms with Gasteiger partial charge in [-0.1, -0.05) is 23.7 Å². The Morgan fingerprint density at radius 2 is 2.00 bits per heavy atom. The Hall–Kier alpha value is -3.12. The molecule has 0 aliphatic carbocycles. The summed E-state index contributed by atoms with van der Waals surface area (Å²) in [6.45, 7) is -1.36. The van der Waals surface area contributed by atoms with Gasteiger partial charge < -0.3 is 10.2 Å². The third-order valence-electron chi connectivity index (χ3n) is 4.16. The number of benzene rings is 1. The van der Waals surface area contributed by atoms with Crippen molar-refractivity contribution < 1.29 is 18.4 Å². The number of likely N-dealkylation sites (tertiary alicyclic amines) is 1. The fourth-order valence-corrected chi connectivity index (χ4v) is 2.88. The Morgan fingerprint density at radius 3 is 2.61 bits per heavy atom. The van der Waals surface area contributed by atoms with Crippen molar-refractivity contribution in [2.45, 2.75) is 18.4 Å². The van der Waals surface area contributed by atoms with Crippen LogP contribution in [-0.4, -0.2) is 51.7 Å². The Bertz CT molecular complexity index is 928. The highest BCUT2D eigenvalue weighted by atomic mass is 35.5.